The summed E-state index contributed by atoms with van der Waals surface area (Å²) < 4.78 is 1.96. The molecule has 3 aromatic rings. The summed E-state index contributed by atoms with van der Waals surface area (Å²) >= 11 is 1.62. The highest BCUT2D eigenvalue weighted by atomic mass is 32.1. The van der Waals surface area contributed by atoms with Crippen molar-refractivity contribution in [3.8, 4) is 0 Å². The predicted molar refractivity (Wildman–Crippen MR) is 105 cm³/mol. The molecule has 7 nitrogen and oxygen atoms in total. The first-order valence-electron chi connectivity index (χ1n) is 8.87. The van der Waals surface area contributed by atoms with E-state index in [9.17, 15) is 4.79 Å². The van der Waals surface area contributed by atoms with Crippen LogP contribution in [0.25, 0.3) is 0 Å². The Morgan fingerprint density at radius 1 is 1.30 bits per heavy atom. The monoisotopic (exact) mass is 384 g/mol. The molecule has 1 aromatic carbocycles. The zero-order valence-corrected chi connectivity index (χ0v) is 16.6. The second kappa shape index (κ2) is 8.77. The molecule has 0 unspecified atom stereocenters. The number of urea groups is 1. The van der Waals surface area contributed by atoms with Crippen LogP contribution >= 0.6 is 11.3 Å². The average Bonchev–Trinajstić information content (AvgIpc) is 3.30. The van der Waals surface area contributed by atoms with Crippen LogP contribution in [0.5, 0.6) is 0 Å². The SMILES string of the molecule is CC(C)n1cnnc1CN(C)C(=O)NCc1csc(Cc2ccccc2)n1. The van der Waals surface area contributed by atoms with Gasteiger partial charge in [0.1, 0.15) is 6.33 Å². The van der Waals surface area contributed by atoms with Gasteiger partial charge in [0.2, 0.25) is 0 Å². The van der Waals surface area contributed by atoms with Crippen LogP contribution in [0.2, 0.25) is 0 Å². The fourth-order valence-corrected chi connectivity index (χ4v) is 3.51. The van der Waals surface area contributed by atoms with Gasteiger partial charge in [0.05, 0.1) is 23.8 Å². The van der Waals surface area contributed by atoms with Crippen LogP contribution in [0.1, 0.15) is 42.0 Å². The number of amides is 2. The van der Waals surface area contributed by atoms with Crippen molar-refractivity contribution in [1.82, 2.24) is 30.0 Å². The van der Waals surface area contributed by atoms with E-state index in [-0.39, 0.29) is 12.1 Å². The first kappa shape index (κ1) is 19.0. The number of hydrogen-bond acceptors (Lipinski definition) is 5. The van der Waals surface area contributed by atoms with Crippen molar-refractivity contribution in [2.75, 3.05) is 7.05 Å². The van der Waals surface area contributed by atoms with E-state index < -0.39 is 0 Å². The lowest BCUT2D eigenvalue weighted by molar-refractivity contribution is 0.204. The maximum atomic E-state index is 12.4. The van der Waals surface area contributed by atoms with Crippen LogP contribution in [0.4, 0.5) is 4.79 Å². The minimum atomic E-state index is -0.161. The number of nitrogens with zero attached hydrogens (tertiary/aromatic N) is 5. The van der Waals surface area contributed by atoms with Gasteiger partial charge < -0.3 is 14.8 Å². The Morgan fingerprint density at radius 3 is 2.81 bits per heavy atom. The lowest BCUT2D eigenvalue weighted by atomic mass is 10.2. The minimum Gasteiger partial charge on any atom is -0.332 e. The number of benzene rings is 1. The summed E-state index contributed by atoms with van der Waals surface area (Å²) in [6.07, 6.45) is 2.50. The molecule has 8 heteroatoms. The molecule has 0 aliphatic carbocycles. The molecule has 0 spiro atoms. The Kier molecular flexibility index (Phi) is 6.18. The molecular formula is C19H24N6OS. The largest absolute Gasteiger partial charge is 0.332 e. The lowest BCUT2D eigenvalue weighted by Crippen LogP contribution is -2.37. The Balaban J connectivity index is 1.51. The normalized spacial score (nSPS) is 11.0. The highest BCUT2D eigenvalue weighted by Crippen LogP contribution is 2.15. The van der Waals surface area contributed by atoms with Crippen molar-refractivity contribution in [3.63, 3.8) is 0 Å². The number of carbonyl (C=O) groups is 1. The van der Waals surface area contributed by atoms with Gasteiger partial charge in [-0.25, -0.2) is 9.78 Å². The molecule has 27 heavy (non-hydrogen) atoms. The molecule has 0 bridgehead atoms. The molecule has 2 heterocycles. The second-order valence-electron chi connectivity index (χ2n) is 6.66. The Hall–Kier alpha value is -2.74. The maximum absolute atomic E-state index is 12.4. The molecule has 3 rings (SSSR count). The summed E-state index contributed by atoms with van der Waals surface area (Å²) in [4.78, 5) is 18.6. The molecule has 1 N–H and O–H groups in total. The molecule has 0 saturated carbocycles. The summed E-state index contributed by atoms with van der Waals surface area (Å²) in [6, 6.07) is 10.3. The fourth-order valence-electron chi connectivity index (χ4n) is 2.68. The average molecular weight is 385 g/mol. The van der Waals surface area contributed by atoms with Crippen molar-refractivity contribution < 1.29 is 4.79 Å². The van der Waals surface area contributed by atoms with E-state index in [0.29, 0.717) is 13.1 Å². The molecule has 0 fully saturated rings. The third-order valence-electron chi connectivity index (χ3n) is 4.15. The molecule has 2 amide bonds. The van der Waals surface area contributed by atoms with E-state index in [2.05, 4.69) is 46.5 Å². The van der Waals surface area contributed by atoms with Crippen LogP contribution in [-0.2, 0) is 19.5 Å². The second-order valence-corrected chi connectivity index (χ2v) is 7.60. The van der Waals surface area contributed by atoms with E-state index in [1.165, 1.54) is 5.56 Å². The van der Waals surface area contributed by atoms with Gasteiger partial charge in [0, 0.05) is 24.9 Å². The van der Waals surface area contributed by atoms with Gasteiger partial charge >= 0.3 is 6.03 Å². The minimum absolute atomic E-state index is 0.161. The third-order valence-corrected chi connectivity index (χ3v) is 5.04. The van der Waals surface area contributed by atoms with Gasteiger partial charge in [-0.15, -0.1) is 21.5 Å². The predicted octanol–water partition coefficient (Wildman–Crippen LogP) is 3.25. The summed E-state index contributed by atoms with van der Waals surface area (Å²) in [5.74, 6) is 0.765. The number of hydrogen-bond donors (Lipinski definition) is 1. The first-order chi connectivity index (χ1) is 13.0. The molecular weight excluding hydrogens is 360 g/mol. The van der Waals surface area contributed by atoms with Gasteiger partial charge in [0.15, 0.2) is 5.82 Å². The van der Waals surface area contributed by atoms with E-state index >= 15 is 0 Å². The zero-order valence-electron chi connectivity index (χ0n) is 15.8. The Bertz CT molecular complexity index is 873. The quantitative estimate of drug-likeness (QED) is 0.678. The van der Waals surface area contributed by atoms with Crippen molar-refractivity contribution >= 4 is 17.4 Å². The zero-order chi connectivity index (χ0) is 19.2. The lowest BCUT2D eigenvalue weighted by Gasteiger charge is -2.18. The van der Waals surface area contributed by atoms with Crippen LogP contribution < -0.4 is 5.32 Å². The van der Waals surface area contributed by atoms with Crippen LogP contribution in [0.15, 0.2) is 42.0 Å². The summed E-state index contributed by atoms with van der Waals surface area (Å²) in [6.45, 7) is 4.93. The molecule has 0 radical (unpaired) electrons. The van der Waals surface area contributed by atoms with Gasteiger partial charge in [-0.3, -0.25) is 0 Å². The molecule has 0 saturated heterocycles. The molecule has 0 aliphatic rings. The standard InChI is InChI=1S/C19H24N6OS/c1-14(2)25-13-21-23-17(25)11-24(3)19(26)20-10-16-12-27-18(22-16)9-15-7-5-4-6-8-15/h4-8,12-14H,9-11H2,1-3H3,(H,20,26). The molecule has 2 aromatic heterocycles. The van der Waals surface area contributed by atoms with Gasteiger partial charge in [0.25, 0.3) is 0 Å². The fraction of sp³-hybridized carbons (Fsp3) is 0.368. The van der Waals surface area contributed by atoms with Gasteiger partial charge in [-0.2, -0.15) is 0 Å². The van der Waals surface area contributed by atoms with Crippen LogP contribution in [0.3, 0.4) is 0 Å². The van der Waals surface area contributed by atoms with E-state index in [1.54, 1.807) is 29.6 Å². The Morgan fingerprint density at radius 2 is 2.07 bits per heavy atom. The topological polar surface area (TPSA) is 75.9 Å². The number of thiazole rings is 1. The summed E-state index contributed by atoms with van der Waals surface area (Å²) in [7, 11) is 1.75. The van der Waals surface area contributed by atoms with Crippen molar-refractivity contribution in [2.45, 2.75) is 39.4 Å². The number of nitrogens with one attached hydrogen (secondary N) is 1. The van der Waals surface area contributed by atoms with E-state index in [4.69, 9.17) is 0 Å². The molecule has 0 aliphatic heterocycles. The van der Waals surface area contributed by atoms with E-state index in [0.717, 1.165) is 22.9 Å². The summed E-state index contributed by atoms with van der Waals surface area (Å²) in [5.41, 5.74) is 2.11. The first-order valence-corrected chi connectivity index (χ1v) is 9.75. The third kappa shape index (κ3) is 5.13. The highest BCUT2D eigenvalue weighted by molar-refractivity contribution is 7.09. The molecule has 142 valence electrons. The van der Waals surface area contributed by atoms with Crippen LogP contribution in [-0.4, -0.2) is 37.7 Å². The van der Waals surface area contributed by atoms with Crippen molar-refractivity contribution in [3.05, 3.63) is 64.1 Å². The number of carbonyl (C=O) groups excluding carboxylic acids is 1. The van der Waals surface area contributed by atoms with Crippen molar-refractivity contribution in [1.29, 1.82) is 0 Å². The van der Waals surface area contributed by atoms with Crippen LogP contribution in [0, 0.1) is 0 Å². The number of rotatable bonds is 7. The van der Waals surface area contributed by atoms with Gasteiger partial charge in [-0.1, -0.05) is 30.3 Å². The maximum Gasteiger partial charge on any atom is 0.317 e. The Labute approximate surface area is 163 Å². The summed E-state index contributed by atoms with van der Waals surface area (Å²) in [5, 5.41) is 14.0. The van der Waals surface area contributed by atoms with Gasteiger partial charge in [-0.05, 0) is 19.4 Å². The molecule has 0 atom stereocenters. The van der Waals surface area contributed by atoms with E-state index in [1.807, 2.05) is 28.1 Å². The number of aromatic nitrogens is 4. The van der Waals surface area contributed by atoms with Crippen molar-refractivity contribution in [2.24, 2.45) is 0 Å². The smallest absolute Gasteiger partial charge is 0.317 e. The highest BCUT2D eigenvalue weighted by Gasteiger charge is 2.14.